The van der Waals surface area contributed by atoms with Gasteiger partial charge in [-0.25, -0.2) is 9.97 Å². The number of hydrogen-bond acceptors (Lipinski definition) is 9. The molecule has 4 aromatic rings. The average Bonchev–Trinajstić information content (AvgIpc) is 2.99. The van der Waals surface area contributed by atoms with E-state index in [1.54, 1.807) is 33.4 Å². The van der Waals surface area contributed by atoms with Crippen molar-refractivity contribution in [3.05, 3.63) is 89.3 Å². The minimum Gasteiger partial charge on any atom is -0.497 e. The number of hydrogen-bond donors (Lipinski definition) is 0. The molecule has 1 fully saturated rings. The molecule has 9 nitrogen and oxygen atoms in total. The lowest BCUT2D eigenvalue weighted by Gasteiger charge is -2.26. The molecule has 0 amide bonds. The molecule has 2 aromatic heterocycles. The van der Waals surface area contributed by atoms with E-state index < -0.39 is 5.95 Å². The summed E-state index contributed by atoms with van der Waals surface area (Å²) >= 11 is 0. The third-order valence-corrected chi connectivity index (χ3v) is 6.73. The number of aromatic nitrogens is 4. The molecule has 0 radical (unpaired) electrons. The van der Waals surface area contributed by atoms with Crippen molar-refractivity contribution in [1.29, 1.82) is 0 Å². The van der Waals surface area contributed by atoms with Gasteiger partial charge in [-0.2, -0.15) is 14.4 Å². The Kier molecular flexibility index (Phi) is 8.78. The van der Waals surface area contributed by atoms with Crippen LogP contribution < -0.4 is 14.4 Å². The molecule has 0 atom stereocenters. The number of pyridine rings is 1. The predicted molar refractivity (Wildman–Crippen MR) is 150 cm³/mol. The van der Waals surface area contributed by atoms with Crippen LogP contribution in [0, 0.1) is 12.9 Å². The Morgan fingerprint density at radius 2 is 1.45 bits per heavy atom. The molecule has 1 aliphatic heterocycles. The van der Waals surface area contributed by atoms with E-state index >= 15 is 4.39 Å². The van der Waals surface area contributed by atoms with E-state index in [1.807, 2.05) is 53.4 Å². The lowest BCUT2D eigenvalue weighted by molar-refractivity contribution is 0.0341. The summed E-state index contributed by atoms with van der Waals surface area (Å²) in [4.78, 5) is 22.2. The molecule has 1 saturated heterocycles. The van der Waals surface area contributed by atoms with E-state index in [9.17, 15) is 0 Å². The van der Waals surface area contributed by atoms with Gasteiger partial charge in [-0.1, -0.05) is 24.3 Å². The van der Waals surface area contributed by atoms with Crippen LogP contribution in [0.1, 0.15) is 22.5 Å². The largest absolute Gasteiger partial charge is 0.497 e. The van der Waals surface area contributed by atoms with Crippen LogP contribution in [0.3, 0.4) is 0 Å². The summed E-state index contributed by atoms with van der Waals surface area (Å²) in [6, 6.07) is 17.5. The molecular formula is C30H33FN6O3. The van der Waals surface area contributed by atoms with Gasteiger partial charge in [0.15, 0.2) is 5.82 Å². The number of benzene rings is 2. The Hall–Kier alpha value is -4.15. The van der Waals surface area contributed by atoms with E-state index in [4.69, 9.17) is 19.2 Å². The minimum atomic E-state index is -0.612. The third-order valence-electron chi connectivity index (χ3n) is 6.73. The van der Waals surface area contributed by atoms with Crippen LogP contribution in [0.25, 0.3) is 11.4 Å². The summed E-state index contributed by atoms with van der Waals surface area (Å²) in [6.45, 7) is 6.53. The Balaban J connectivity index is 1.47. The van der Waals surface area contributed by atoms with Crippen molar-refractivity contribution in [2.24, 2.45) is 0 Å². The smallest absolute Gasteiger partial charge is 0.229 e. The molecule has 1 aliphatic rings. The van der Waals surface area contributed by atoms with Gasteiger partial charge in [0.2, 0.25) is 11.9 Å². The van der Waals surface area contributed by atoms with Crippen LogP contribution in [0.4, 0.5) is 10.3 Å². The first-order valence-corrected chi connectivity index (χ1v) is 13.2. The molecule has 0 N–H and O–H groups in total. The quantitative estimate of drug-likeness (QED) is 0.269. The number of nitrogens with zero attached hydrogens (tertiary/aromatic N) is 6. The Morgan fingerprint density at radius 3 is 2.02 bits per heavy atom. The predicted octanol–water partition coefficient (Wildman–Crippen LogP) is 4.44. The van der Waals surface area contributed by atoms with Gasteiger partial charge in [-0.05, 0) is 53.9 Å². The second kappa shape index (κ2) is 12.8. The normalized spacial score (nSPS) is 13.7. The van der Waals surface area contributed by atoms with Crippen LogP contribution in [-0.2, 0) is 24.4 Å². The third kappa shape index (κ3) is 6.88. The average molecular weight is 545 g/mol. The zero-order valence-corrected chi connectivity index (χ0v) is 23.0. The van der Waals surface area contributed by atoms with Crippen LogP contribution in [0.2, 0.25) is 0 Å². The lowest BCUT2D eigenvalue weighted by Crippen LogP contribution is -2.35. The van der Waals surface area contributed by atoms with Crippen molar-refractivity contribution < 1.29 is 18.6 Å². The topological polar surface area (TPSA) is 85.7 Å². The maximum absolute atomic E-state index is 15.1. The van der Waals surface area contributed by atoms with Gasteiger partial charge in [0.1, 0.15) is 17.3 Å². The zero-order valence-electron chi connectivity index (χ0n) is 23.0. The van der Waals surface area contributed by atoms with Crippen molar-refractivity contribution in [3.8, 4) is 22.9 Å². The Labute approximate surface area is 233 Å². The summed E-state index contributed by atoms with van der Waals surface area (Å²) in [5.74, 6) is 2.15. The van der Waals surface area contributed by atoms with Gasteiger partial charge in [0.05, 0.1) is 33.0 Å². The molecule has 208 valence electrons. The Morgan fingerprint density at radius 1 is 0.850 bits per heavy atom. The maximum atomic E-state index is 15.1. The van der Waals surface area contributed by atoms with Gasteiger partial charge in [-0.15, -0.1) is 0 Å². The van der Waals surface area contributed by atoms with Crippen LogP contribution in [-0.4, -0.2) is 65.4 Å². The van der Waals surface area contributed by atoms with E-state index in [1.165, 1.54) is 0 Å². The highest BCUT2D eigenvalue weighted by Gasteiger charge is 2.19. The number of aryl methyl sites for hydroxylation is 1. The number of anilines is 1. The summed E-state index contributed by atoms with van der Waals surface area (Å²) in [5.41, 5.74) is 3.25. The molecular weight excluding hydrogens is 511 g/mol. The minimum absolute atomic E-state index is 0.255. The molecule has 0 aliphatic carbocycles. The zero-order chi connectivity index (χ0) is 27.9. The van der Waals surface area contributed by atoms with E-state index in [0.717, 1.165) is 41.3 Å². The highest BCUT2D eigenvalue weighted by molar-refractivity contribution is 5.57. The van der Waals surface area contributed by atoms with E-state index in [0.29, 0.717) is 44.6 Å². The SMILES string of the molecule is COc1ccc(CN(Cc2ccc(OC)cc2)c2nc(C)nc(-c3cc(CN4CCOCC4)cnc3F)n2)cc1. The molecule has 3 heterocycles. The number of ether oxygens (including phenoxy) is 3. The molecule has 0 spiro atoms. The monoisotopic (exact) mass is 544 g/mol. The van der Waals surface area contributed by atoms with Crippen molar-refractivity contribution in [2.45, 2.75) is 26.6 Å². The molecule has 40 heavy (non-hydrogen) atoms. The van der Waals surface area contributed by atoms with E-state index in [2.05, 4.69) is 19.9 Å². The molecule has 10 heteroatoms. The van der Waals surface area contributed by atoms with E-state index in [-0.39, 0.29) is 11.4 Å². The standard InChI is InChI=1S/C30H33FN6O3/c1-21-33-29(27-16-24(17-32-28(27)31)18-36-12-14-40-15-13-36)35-30(34-21)37(19-22-4-8-25(38-2)9-5-22)20-23-6-10-26(39-3)11-7-23/h4-11,16-17H,12-15,18-20H2,1-3H3. The van der Waals surface area contributed by atoms with Crippen molar-refractivity contribution >= 4 is 5.95 Å². The first-order chi connectivity index (χ1) is 19.5. The fraction of sp³-hybridized carbons (Fsp3) is 0.333. The van der Waals surface area contributed by atoms with Gasteiger partial charge in [-0.3, -0.25) is 4.90 Å². The molecule has 0 unspecified atom stereocenters. The number of methoxy groups -OCH3 is 2. The molecule has 0 saturated carbocycles. The van der Waals surface area contributed by atoms with Crippen LogP contribution in [0.5, 0.6) is 11.5 Å². The highest BCUT2D eigenvalue weighted by atomic mass is 19.1. The lowest BCUT2D eigenvalue weighted by atomic mass is 10.1. The van der Waals surface area contributed by atoms with Crippen molar-refractivity contribution in [2.75, 3.05) is 45.4 Å². The summed E-state index contributed by atoms with van der Waals surface area (Å²) < 4.78 is 31.1. The van der Waals surface area contributed by atoms with Gasteiger partial charge in [0, 0.05) is 38.9 Å². The van der Waals surface area contributed by atoms with Gasteiger partial charge in [0.25, 0.3) is 0 Å². The molecule has 5 rings (SSSR count). The number of morpholine rings is 1. The second-order valence-corrected chi connectivity index (χ2v) is 9.63. The van der Waals surface area contributed by atoms with Crippen LogP contribution >= 0.6 is 0 Å². The van der Waals surface area contributed by atoms with Gasteiger partial charge < -0.3 is 19.1 Å². The molecule has 2 aromatic carbocycles. The maximum Gasteiger partial charge on any atom is 0.229 e. The summed E-state index contributed by atoms with van der Waals surface area (Å²) in [6.07, 6.45) is 1.57. The first-order valence-electron chi connectivity index (χ1n) is 13.2. The first kappa shape index (κ1) is 27.4. The van der Waals surface area contributed by atoms with Gasteiger partial charge >= 0.3 is 0 Å². The summed E-state index contributed by atoms with van der Waals surface area (Å²) in [5, 5.41) is 0. The highest BCUT2D eigenvalue weighted by Crippen LogP contribution is 2.25. The van der Waals surface area contributed by atoms with Crippen molar-refractivity contribution in [1.82, 2.24) is 24.8 Å². The summed E-state index contributed by atoms with van der Waals surface area (Å²) in [7, 11) is 3.29. The second-order valence-electron chi connectivity index (χ2n) is 9.63. The molecule has 0 bridgehead atoms. The number of rotatable bonds is 10. The van der Waals surface area contributed by atoms with Crippen molar-refractivity contribution in [3.63, 3.8) is 0 Å². The Bertz CT molecular complexity index is 1360. The fourth-order valence-electron chi connectivity index (χ4n) is 4.58. The number of halogens is 1. The van der Waals surface area contributed by atoms with Crippen LogP contribution in [0.15, 0.2) is 60.8 Å². The fourth-order valence-corrected chi connectivity index (χ4v) is 4.58.